The van der Waals surface area contributed by atoms with Gasteiger partial charge in [0.1, 0.15) is 5.01 Å². The number of nitrogens with zero attached hydrogens (tertiary/aromatic N) is 2. The first kappa shape index (κ1) is 17.1. The third kappa shape index (κ3) is 4.22. The van der Waals surface area contributed by atoms with Crippen LogP contribution in [0.15, 0.2) is 48.5 Å². The largest absolute Gasteiger partial charge is 0.325 e. The van der Waals surface area contributed by atoms with E-state index in [0.29, 0.717) is 5.13 Å². The van der Waals surface area contributed by atoms with Gasteiger partial charge in [0, 0.05) is 11.6 Å². The van der Waals surface area contributed by atoms with Gasteiger partial charge in [-0.2, -0.15) is 0 Å². The summed E-state index contributed by atoms with van der Waals surface area (Å²) < 4.78 is 0. The van der Waals surface area contributed by atoms with Crippen molar-refractivity contribution in [2.24, 2.45) is 0 Å². The quantitative estimate of drug-likeness (QED) is 0.698. The van der Waals surface area contributed by atoms with E-state index in [1.165, 1.54) is 22.5 Å². The van der Waals surface area contributed by atoms with Crippen LogP contribution in [0.1, 0.15) is 34.5 Å². The minimum absolute atomic E-state index is 0.136. The van der Waals surface area contributed by atoms with Crippen molar-refractivity contribution >= 4 is 28.2 Å². The van der Waals surface area contributed by atoms with Gasteiger partial charge < -0.3 is 5.32 Å². The smallest absolute Gasteiger partial charge is 0.308 e. The van der Waals surface area contributed by atoms with Crippen molar-refractivity contribution in [2.75, 3.05) is 10.6 Å². The number of nitrogens with one attached hydrogen (secondary N) is 2. The minimum Gasteiger partial charge on any atom is -0.308 e. The average molecular weight is 352 g/mol. The van der Waals surface area contributed by atoms with E-state index in [1.54, 1.807) is 0 Å². The highest BCUT2D eigenvalue weighted by Crippen LogP contribution is 2.28. The average Bonchev–Trinajstić information content (AvgIpc) is 3.06. The molecule has 5 nitrogen and oxygen atoms in total. The first-order valence-corrected chi connectivity index (χ1v) is 8.88. The van der Waals surface area contributed by atoms with Gasteiger partial charge in [-0.3, -0.25) is 5.32 Å². The third-order valence-corrected chi connectivity index (χ3v) is 5.12. The second-order valence-corrected chi connectivity index (χ2v) is 6.97. The molecule has 2 N–H and O–H groups in total. The number of rotatable bonds is 4. The first-order valence-electron chi connectivity index (χ1n) is 8.06. The van der Waals surface area contributed by atoms with Gasteiger partial charge in [0.25, 0.3) is 0 Å². The molecule has 0 bridgehead atoms. The molecular formula is C19H20N4OS. The second kappa shape index (κ2) is 7.44. The number of aromatic nitrogens is 2. The Bertz CT molecular complexity index is 876. The van der Waals surface area contributed by atoms with Crippen LogP contribution in [0.25, 0.3) is 0 Å². The molecule has 2 amide bonds. The van der Waals surface area contributed by atoms with Crippen molar-refractivity contribution < 1.29 is 4.79 Å². The molecule has 0 aliphatic heterocycles. The summed E-state index contributed by atoms with van der Waals surface area (Å²) in [5.74, 6) is 0.136. The molecule has 0 spiro atoms. The number of amides is 2. The van der Waals surface area contributed by atoms with Gasteiger partial charge >= 0.3 is 6.03 Å². The van der Waals surface area contributed by atoms with E-state index in [1.807, 2.05) is 50.2 Å². The number of anilines is 2. The van der Waals surface area contributed by atoms with Gasteiger partial charge in [-0.15, -0.1) is 10.2 Å². The number of hydrogen-bond donors (Lipinski definition) is 2. The molecule has 3 aromatic rings. The molecular weight excluding hydrogens is 332 g/mol. The molecule has 1 atom stereocenters. The van der Waals surface area contributed by atoms with Crippen LogP contribution in [-0.4, -0.2) is 16.2 Å². The van der Waals surface area contributed by atoms with E-state index in [0.717, 1.165) is 16.3 Å². The van der Waals surface area contributed by atoms with Crippen LogP contribution in [0.5, 0.6) is 0 Å². The third-order valence-electron chi connectivity index (χ3n) is 4.10. The molecule has 0 radical (unpaired) electrons. The highest BCUT2D eigenvalue weighted by atomic mass is 32.1. The lowest BCUT2D eigenvalue weighted by Crippen LogP contribution is -2.19. The van der Waals surface area contributed by atoms with E-state index in [-0.39, 0.29) is 11.9 Å². The second-order valence-electron chi connectivity index (χ2n) is 5.96. The summed E-state index contributed by atoms with van der Waals surface area (Å²) in [6.45, 7) is 6.13. The Morgan fingerprint density at radius 1 is 1.00 bits per heavy atom. The summed E-state index contributed by atoms with van der Waals surface area (Å²) in [5.41, 5.74) is 4.25. The standard InChI is InChI=1S/C19H20N4OS/c1-12-9-10-16(11-13(12)2)20-18(24)21-19-23-22-17(25-19)14(3)15-7-5-4-6-8-15/h4-11,14H,1-3H3,(H2,20,21,23,24). The zero-order valence-electron chi connectivity index (χ0n) is 14.4. The van der Waals surface area contributed by atoms with Crippen molar-refractivity contribution in [3.8, 4) is 0 Å². The van der Waals surface area contributed by atoms with Crippen molar-refractivity contribution in [1.82, 2.24) is 10.2 Å². The van der Waals surface area contributed by atoms with E-state index < -0.39 is 0 Å². The molecule has 1 heterocycles. The van der Waals surface area contributed by atoms with E-state index in [4.69, 9.17) is 0 Å². The van der Waals surface area contributed by atoms with Crippen LogP contribution < -0.4 is 10.6 Å². The summed E-state index contributed by atoms with van der Waals surface area (Å²) in [7, 11) is 0. The molecule has 0 saturated heterocycles. The molecule has 0 aliphatic carbocycles. The Hall–Kier alpha value is -2.73. The number of carbonyl (C=O) groups excluding carboxylic acids is 1. The fourth-order valence-corrected chi connectivity index (χ4v) is 3.24. The van der Waals surface area contributed by atoms with Crippen LogP contribution in [0.3, 0.4) is 0 Å². The van der Waals surface area contributed by atoms with Gasteiger partial charge in [-0.1, -0.05) is 54.7 Å². The summed E-state index contributed by atoms with van der Waals surface area (Å²) in [6.07, 6.45) is 0. The summed E-state index contributed by atoms with van der Waals surface area (Å²) in [6, 6.07) is 15.6. The topological polar surface area (TPSA) is 66.9 Å². The number of urea groups is 1. The lowest BCUT2D eigenvalue weighted by Gasteiger charge is -2.08. The monoisotopic (exact) mass is 352 g/mol. The van der Waals surface area contributed by atoms with E-state index in [2.05, 4.69) is 39.9 Å². The number of aryl methyl sites for hydroxylation is 2. The molecule has 25 heavy (non-hydrogen) atoms. The van der Waals surface area contributed by atoms with Crippen LogP contribution in [0, 0.1) is 13.8 Å². The molecule has 6 heteroatoms. The maximum Gasteiger partial charge on any atom is 0.325 e. The molecule has 128 valence electrons. The number of hydrogen-bond acceptors (Lipinski definition) is 4. The van der Waals surface area contributed by atoms with Crippen molar-refractivity contribution in [3.05, 3.63) is 70.2 Å². The van der Waals surface area contributed by atoms with Gasteiger partial charge in [-0.05, 0) is 42.7 Å². The summed E-state index contributed by atoms with van der Waals surface area (Å²) in [5, 5.41) is 15.2. The molecule has 2 aromatic carbocycles. The molecule has 1 unspecified atom stereocenters. The highest BCUT2D eigenvalue weighted by molar-refractivity contribution is 7.15. The first-order chi connectivity index (χ1) is 12.0. The van der Waals surface area contributed by atoms with Crippen LogP contribution in [0.2, 0.25) is 0 Å². The highest BCUT2D eigenvalue weighted by Gasteiger charge is 2.15. The number of carbonyl (C=O) groups is 1. The SMILES string of the molecule is Cc1ccc(NC(=O)Nc2nnc(C(C)c3ccccc3)s2)cc1C. The van der Waals surface area contributed by atoms with Gasteiger partial charge in [0.2, 0.25) is 5.13 Å². The minimum atomic E-state index is -0.321. The Morgan fingerprint density at radius 3 is 2.48 bits per heavy atom. The van der Waals surface area contributed by atoms with E-state index >= 15 is 0 Å². The normalized spacial score (nSPS) is 11.8. The van der Waals surface area contributed by atoms with E-state index in [9.17, 15) is 4.79 Å². The number of benzene rings is 2. The van der Waals surface area contributed by atoms with Gasteiger partial charge in [0.15, 0.2) is 0 Å². The van der Waals surface area contributed by atoms with Crippen molar-refractivity contribution in [2.45, 2.75) is 26.7 Å². The summed E-state index contributed by atoms with van der Waals surface area (Å²) >= 11 is 1.39. The molecule has 3 rings (SSSR count). The Labute approximate surface area is 151 Å². The molecule has 0 saturated carbocycles. The van der Waals surface area contributed by atoms with Gasteiger partial charge in [0.05, 0.1) is 0 Å². The zero-order valence-corrected chi connectivity index (χ0v) is 15.2. The Kier molecular flexibility index (Phi) is 5.09. The summed E-state index contributed by atoms with van der Waals surface area (Å²) in [4.78, 5) is 12.1. The zero-order chi connectivity index (χ0) is 17.8. The predicted octanol–water partition coefficient (Wildman–Crippen LogP) is 4.95. The molecule has 0 aliphatic rings. The van der Waals surface area contributed by atoms with Crippen LogP contribution in [-0.2, 0) is 0 Å². The van der Waals surface area contributed by atoms with Crippen molar-refractivity contribution in [1.29, 1.82) is 0 Å². The van der Waals surface area contributed by atoms with Gasteiger partial charge in [-0.25, -0.2) is 4.79 Å². The van der Waals surface area contributed by atoms with Crippen molar-refractivity contribution in [3.63, 3.8) is 0 Å². The molecule has 1 aromatic heterocycles. The van der Waals surface area contributed by atoms with Crippen LogP contribution >= 0.6 is 11.3 Å². The fourth-order valence-electron chi connectivity index (χ4n) is 2.42. The Balaban J connectivity index is 1.64. The lowest BCUT2D eigenvalue weighted by atomic mass is 10.0. The van der Waals surface area contributed by atoms with Crippen LogP contribution in [0.4, 0.5) is 15.6 Å². The maximum atomic E-state index is 12.1. The predicted molar refractivity (Wildman–Crippen MR) is 102 cm³/mol. The maximum absolute atomic E-state index is 12.1. The fraction of sp³-hybridized carbons (Fsp3) is 0.211. The lowest BCUT2D eigenvalue weighted by molar-refractivity contribution is 0.262. The Morgan fingerprint density at radius 2 is 1.76 bits per heavy atom. The molecule has 0 fully saturated rings.